The van der Waals surface area contributed by atoms with E-state index in [4.69, 9.17) is 16.3 Å². The summed E-state index contributed by atoms with van der Waals surface area (Å²) in [4.78, 5) is 0. The number of nitrogens with one attached hydrogen (secondary N) is 1. The van der Waals surface area contributed by atoms with Crippen molar-refractivity contribution in [2.24, 2.45) is 0 Å². The number of hydrogen-bond acceptors (Lipinski definition) is 3. The van der Waals surface area contributed by atoms with Crippen LogP contribution in [-0.4, -0.2) is 35.6 Å². The molecule has 1 aliphatic heterocycles. The molecule has 0 spiro atoms. The van der Waals surface area contributed by atoms with E-state index >= 15 is 0 Å². The van der Waals surface area contributed by atoms with Gasteiger partial charge in [-0.15, -0.1) is 0 Å². The Balaban J connectivity index is 1.58. The van der Waals surface area contributed by atoms with E-state index in [0.29, 0.717) is 11.1 Å². The quantitative estimate of drug-likeness (QED) is 0.774. The van der Waals surface area contributed by atoms with Gasteiger partial charge in [-0.05, 0) is 12.8 Å². The molecule has 0 aromatic carbocycles. The predicted molar refractivity (Wildman–Crippen MR) is 59.1 cm³/mol. The van der Waals surface area contributed by atoms with Crippen LogP contribution in [0.2, 0.25) is 5.02 Å². The summed E-state index contributed by atoms with van der Waals surface area (Å²) in [6.07, 6.45) is 6.27. The normalized spacial score (nSPS) is 21.0. The van der Waals surface area contributed by atoms with E-state index in [1.54, 1.807) is 6.20 Å². The maximum Gasteiger partial charge on any atom is 0.0785 e. The number of aromatic nitrogens is 2. The zero-order valence-corrected chi connectivity index (χ0v) is 9.41. The number of nitrogens with zero attached hydrogens (tertiary/aromatic N) is 2. The lowest BCUT2D eigenvalue weighted by Gasteiger charge is -2.10. The second-order valence-electron chi connectivity index (χ2n) is 3.76. The SMILES string of the molecule is Clc1cnn(CCNCC2CCCO2)c1. The third kappa shape index (κ3) is 3.48. The van der Waals surface area contributed by atoms with Crippen LogP contribution in [0.4, 0.5) is 0 Å². The minimum absolute atomic E-state index is 0.409. The van der Waals surface area contributed by atoms with Crippen molar-refractivity contribution in [1.29, 1.82) is 0 Å². The summed E-state index contributed by atoms with van der Waals surface area (Å²) in [5.41, 5.74) is 0. The molecule has 1 aromatic heterocycles. The number of hydrogen-bond donors (Lipinski definition) is 1. The Morgan fingerprint density at radius 1 is 1.67 bits per heavy atom. The Kier molecular flexibility index (Phi) is 4.00. The lowest BCUT2D eigenvalue weighted by molar-refractivity contribution is 0.110. The van der Waals surface area contributed by atoms with Gasteiger partial charge in [0.2, 0.25) is 0 Å². The van der Waals surface area contributed by atoms with Gasteiger partial charge in [-0.2, -0.15) is 5.10 Å². The summed E-state index contributed by atoms with van der Waals surface area (Å²) in [5.74, 6) is 0. The van der Waals surface area contributed by atoms with Crippen LogP contribution in [0, 0.1) is 0 Å². The first-order chi connectivity index (χ1) is 7.34. The topological polar surface area (TPSA) is 39.1 Å². The molecule has 1 aliphatic rings. The van der Waals surface area contributed by atoms with Crippen molar-refractivity contribution in [3.8, 4) is 0 Å². The molecule has 1 fully saturated rings. The first kappa shape index (κ1) is 10.9. The molecule has 1 atom stereocenters. The third-order valence-corrected chi connectivity index (χ3v) is 2.71. The molecule has 15 heavy (non-hydrogen) atoms. The molecule has 0 aliphatic carbocycles. The summed E-state index contributed by atoms with van der Waals surface area (Å²) >= 11 is 5.75. The zero-order chi connectivity index (χ0) is 10.5. The van der Waals surface area contributed by atoms with Gasteiger partial charge >= 0.3 is 0 Å². The maximum atomic E-state index is 5.75. The van der Waals surface area contributed by atoms with Crippen LogP contribution in [0.5, 0.6) is 0 Å². The molecule has 5 heteroatoms. The van der Waals surface area contributed by atoms with E-state index in [2.05, 4.69) is 10.4 Å². The average molecular weight is 230 g/mol. The summed E-state index contributed by atoms with van der Waals surface area (Å²) in [7, 11) is 0. The highest BCUT2D eigenvalue weighted by Gasteiger charge is 2.14. The van der Waals surface area contributed by atoms with Crippen molar-refractivity contribution in [3.63, 3.8) is 0 Å². The van der Waals surface area contributed by atoms with Crippen molar-refractivity contribution in [2.45, 2.75) is 25.5 Å². The molecule has 0 bridgehead atoms. The van der Waals surface area contributed by atoms with E-state index in [9.17, 15) is 0 Å². The molecule has 2 rings (SSSR count). The van der Waals surface area contributed by atoms with Gasteiger partial charge in [0.1, 0.15) is 0 Å². The van der Waals surface area contributed by atoms with Crippen LogP contribution < -0.4 is 5.32 Å². The zero-order valence-electron chi connectivity index (χ0n) is 8.66. The minimum Gasteiger partial charge on any atom is -0.377 e. The molecule has 1 saturated heterocycles. The molecular weight excluding hydrogens is 214 g/mol. The molecule has 1 unspecified atom stereocenters. The van der Waals surface area contributed by atoms with Crippen molar-refractivity contribution in [3.05, 3.63) is 17.4 Å². The van der Waals surface area contributed by atoms with Gasteiger partial charge in [-0.1, -0.05) is 11.6 Å². The Hall–Kier alpha value is -0.580. The van der Waals surface area contributed by atoms with E-state index in [1.807, 2.05) is 10.9 Å². The number of rotatable bonds is 5. The van der Waals surface area contributed by atoms with Crippen molar-refractivity contribution in [1.82, 2.24) is 15.1 Å². The fourth-order valence-electron chi connectivity index (χ4n) is 1.72. The van der Waals surface area contributed by atoms with Gasteiger partial charge < -0.3 is 10.1 Å². The first-order valence-corrected chi connectivity index (χ1v) is 5.72. The fourth-order valence-corrected chi connectivity index (χ4v) is 1.88. The largest absolute Gasteiger partial charge is 0.377 e. The van der Waals surface area contributed by atoms with Gasteiger partial charge in [0, 0.05) is 25.9 Å². The second-order valence-corrected chi connectivity index (χ2v) is 4.20. The summed E-state index contributed by atoms with van der Waals surface area (Å²) in [6.45, 7) is 3.60. The molecule has 4 nitrogen and oxygen atoms in total. The van der Waals surface area contributed by atoms with Crippen LogP contribution in [0.25, 0.3) is 0 Å². The van der Waals surface area contributed by atoms with E-state index in [-0.39, 0.29) is 0 Å². The molecular formula is C10H16ClN3O. The summed E-state index contributed by atoms with van der Waals surface area (Å²) in [5, 5.41) is 8.14. The third-order valence-electron chi connectivity index (χ3n) is 2.52. The van der Waals surface area contributed by atoms with E-state index in [1.165, 1.54) is 12.8 Å². The summed E-state index contributed by atoms with van der Waals surface area (Å²) < 4.78 is 7.34. The van der Waals surface area contributed by atoms with Gasteiger partial charge in [0.25, 0.3) is 0 Å². The van der Waals surface area contributed by atoms with Crippen molar-refractivity contribution < 1.29 is 4.74 Å². The highest BCUT2D eigenvalue weighted by Crippen LogP contribution is 2.10. The van der Waals surface area contributed by atoms with Crippen LogP contribution in [0.3, 0.4) is 0 Å². The summed E-state index contributed by atoms with van der Waals surface area (Å²) in [6, 6.07) is 0. The molecule has 2 heterocycles. The molecule has 1 aromatic rings. The van der Waals surface area contributed by atoms with Gasteiger partial charge in [0.05, 0.1) is 23.9 Å². The smallest absolute Gasteiger partial charge is 0.0785 e. The molecule has 0 saturated carbocycles. The average Bonchev–Trinajstić information content (AvgIpc) is 2.84. The van der Waals surface area contributed by atoms with Crippen LogP contribution in [-0.2, 0) is 11.3 Å². The van der Waals surface area contributed by atoms with Crippen LogP contribution >= 0.6 is 11.6 Å². The van der Waals surface area contributed by atoms with Crippen molar-refractivity contribution >= 4 is 11.6 Å². The monoisotopic (exact) mass is 229 g/mol. The highest BCUT2D eigenvalue weighted by atomic mass is 35.5. The van der Waals surface area contributed by atoms with Crippen molar-refractivity contribution in [2.75, 3.05) is 19.7 Å². The molecule has 0 radical (unpaired) electrons. The Bertz CT molecular complexity index is 297. The first-order valence-electron chi connectivity index (χ1n) is 5.35. The number of halogens is 1. The Morgan fingerprint density at radius 3 is 3.27 bits per heavy atom. The molecule has 1 N–H and O–H groups in total. The second kappa shape index (κ2) is 5.49. The number of ether oxygens (including phenoxy) is 1. The Labute approximate surface area is 94.6 Å². The molecule has 0 amide bonds. The van der Waals surface area contributed by atoms with E-state index < -0.39 is 0 Å². The van der Waals surface area contributed by atoms with Gasteiger partial charge in [-0.25, -0.2) is 0 Å². The van der Waals surface area contributed by atoms with Crippen LogP contribution in [0.1, 0.15) is 12.8 Å². The van der Waals surface area contributed by atoms with Crippen LogP contribution in [0.15, 0.2) is 12.4 Å². The lowest BCUT2D eigenvalue weighted by atomic mass is 10.2. The van der Waals surface area contributed by atoms with Gasteiger partial charge in [-0.3, -0.25) is 4.68 Å². The Morgan fingerprint density at radius 2 is 2.60 bits per heavy atom. The molecule has 84 valence electrons. The lowest BCUT2D eigenvalue weighted by Crippen LogP contribution is -2.29. The van der Waals surface area contributed by atoms with E-state index in [0.717, 1.165) is 26.2 Å². The predicted octanol–water partition coefficient (Wildman–Crippen LogP) is 1.31. The standard InChI is InChI=1S/C10H16ClN3O/c11-9-6-13-14(8-9)4-3-12-7-10-2-1-5-15-10/h6,8,10,12H,1-5,7H2. The maximum absolute atomic E-state index is 5.75. The highest BCUT2D eigenvalue weighted by molar-refractivity contribution is 6.30. The minimum atomic E-state index is 0.409. The fraction of sp³-hybridized carbons (Fsp3) is 0.700. The van der Waals surface area contributed by atoms with Gasteiger partial charge in [0.15, 0.2) is 0 Å².